The fraction of sp³-hybridized carbons (Fsp3) is 1.00. The lowest BCUT2D eigenvalue weighted by Crippen LogP contribution is -2.46. The molecule has 3 aliphatic rings. The first-order valence-corrected chi connectivity index (χ1v) is 6.49. The third-order valence-corrected chi connectivity index (χ3v) is 3.99. The van der Waals surface area contributed by atoms with Gasteiger partial charge in [0.1, 0.15) is 0 Å². The summed E-state index contributed by atoms with van der Waals surface area (Å²) in [6, 6.07) is 2.36. The number of nitrogens with one attached hydrogen (secondary N) is 1. The van der Waals surface area contributed by atoms with Gasteiger partial charge in [-0.3, -0.25) is 0 Å². The molecule has 0 aromatic rings. The first kappa shape index (κ1) is 10.1. The van der Waals surface area contributed by atoms with Crippen LogP contribution in [0.1, 0.15) is 32.1 Å². The predicted octanol–water partition coefficient (Wildman–Crippen LogP) is 0.992. The third-order valence-electron chi connectivity index (χ3n) is 3.99. The zero-order chi connectivity index (χ0) is 10.1. The molecule has 0 aromatic heterocycles. The molecule has 0 amide bonds. The van der Waals surface area contributed by atoms with Gasteiger partial charge in [0.15, 0.2) is 0 Å². The zero-order valence-corrected chi connectivity index (χ0v) is 9.45. The Labute approximate surface area is 92.2 Å². The van der Waals surface area contributed by atoms with Crippen LogP contribution in [0.2, 0.25) is 0 Å². The highest BCUT2D eigenvalue weighted by molar-refractivity contribution is 4.89. The minimum absolute atomic E-state index is 0.641. The zero-order valence-electron chi connectivity index (χ0n) is 9.45. The van der Waals surface area contributed by atoms with E-state index in [4.69, 9.17) is 4.74 Å². The molecule has 1 saturated carbocycles. The molecule has 2 saturated heterocycles. The fourth-order valence-electron chi connectivity index (χ4n) is 2.87. The monoisotopic (exact) mass is 210 g/mol. The third kappa shape index (κ3) is 2.52. The van der Waals surface area contributed by atoms with E-state index in [9.17, 15) is 0 Å². The van der Waals surface area contributed by atoms with Crippen molar-refractivity contribution in [1.82, 2.24) is 10.2 Å². The second-order valence-corrected chi connectivity index (χ2v) is 5.27. The lowest BCUT2D eigenvalue weighted by Gasteiger charge is -2.33. The molecule has 1 aliphatic carbocycles. The van der Waals surface area contributed by atoms with E-state index < -0.39 is 0 Å². The summed E-state index contributed by atoms with van der Waals surface area (Å²) < 4.78 is 5.40. The minimum atomic E-state index is 0.641. The fourth-order valence-corrected chi connectivity index (χ4v) is 2.87. The second kappa shape index (κ2) is 4.40. The Morgan fingerprint density at radius 1 is 0.933 bits per heavy atom. The molecule has 0 spiro atoms. The van der Waals surface area contributed by atoms with Crippen molar-refractivity contribution in [2.45, 2.75) is 50.2 Å². The molecule has 0 radical (unpaired) electrons. The van der Waals surface area contributed by atoms with Crippen molar-refractivity contribution >= 4 is 0 Å². The Bertz CT molecular complexity index is 204. The Kier molecular flexibility index (Phi) is 2.95. The number of piperidine rings is 1. The van der Waals surface area contributed by atoms with E-state index in [0.29, 0.717) is 6.04 Å². The predicted molar refractivity (Wildman–Crippen MR) is 60.0 cm³/mol. The number of nitrogens with zero attached hydrogens (tertiary/aromatic N) is 1. The standard InChI is InChI=1S/C12H22N2O/c1-2-12(1)14-6-3-10(4-7-14)13-11-5-8-15-9-11/h10-13H,1-9H2. The van der Waals surface area contributed by atoms with Gasteiger partial charge < -0.3 is 15.0 Å². The van der Waals surface area contributed by atoms with E-state index in [-0.39, 0.29) is 0 Å². The Morgan fingerprint density at radius 3 is 2.33 bits per heavy atom. The maximum absolute atomic E-state index is 5.40. The van der Waals surface area contributed by atoms with Gasteiger partial charge in [0.05, 0.1) is 6.61 Å². The molecular weight excluding hydrogens is 188 g/mol. The Balaban J connectivity index is 1.40. The summed E-state index contributed by atoms with van der Waals surface area (Å²) in [6.45, 7) is 4.52. The molecule has 1 unspecified atom stereocenters. The molecular formula is C12H22N2O. The Hall–Kier alpha value is -0.120. The normalized spacial score (nSPS) is 34.8. The highest BCUT2D eigenvalue weighted by atomic mass is 16.5. The van der Waals surface area contributed by atoms with Gasteiger partial charge in [-0.15, -0.1) is 0 Å². The topological polar surface area (TPSA) is 24.5 Å². The van der Waals surface area contributed by atoms with Gasteiger partial charge >= 0.3 is 0 Å². The summed E-state index contributed by atoms with van der Waals surface area (Å²) in [4.78, 5) is 2.68. The summed E-state index contributed by atoms with van der Waals surface area (Å²) in [5, 5.41) is 3.75. The minimum Gasteiger partial charge on any atom is -0.380 e. The van der Waals surface area contributed by atoms with Gasteiger partial charge in [-0.05, 0) is 45.2 Å². The van der Waals surface area contributed by atoms with Crippen LogP contribution in [0.3, 0.4) is 0 Å². The summed E-state index contributed by atoms with van der Waals surface area (Å²) >= 11 is 0. The van der Waals surface area contributed by atoms with Gasteiger partial charge in [-0.2, -0.15) is 0 Å². The van der Waals surface area contributed by atoms with Gasteiger partial charge in [-0.1, -0.05) is 0 Å². The number of hydrogen-bond donors (Lipinski definition) is 1. The molecule has 15 heavy (non-hydrogen) atoms. The van der Waals surface area contributed by atoms with Crippen molar-refractivity contribution in [3.63, 3.8) is 0 Å². The van der Waals surface area contributed by atoms with Gasteiger partial charge in [0.2, 0.25) is 0 Å². The molecule has 3 fully saturated rings. The van der Waals surface area contributed by atoms with Crippen LogP contribution in [0.15, 0.2) is 0 Å². The van der Waals surface area contributed by atoms with Crippen LogP contribution in [-0.4, -0.2) is 49.3 Å². The average Bonchev–Trinajstić information content (AvgIpc) is 2.99. The summed E-state index contributed by atoms with van der Waals surface area (Å²) in [6.07, 6.45) is 6.80. The molecule has 3 heteroatoms. The van der Waals surface area contributed by atoms with E-state index >= 15 is 0 Å². The van der Waals surface area contributed by atoms with Crippen LogP contribution in [0.25, 0.3) is 0 Å². The number of ether oxygens (including phenoxy) is 1. The van der Waals surface area contributed by atoms with E-state index in [0.717, 1.165) is 25.3 Å². The van der Waals surface area contributed by atoms with Crippen LogP contribution < -0.4 is 5.32 Å². The van der Waals surface area contributed by atoms with Gasteiger partial charge in [0.25, 0.3) is 0 Å². The SMILES string of the molecule is C1CC(NC2CCN(C3CC3)CC2)CO1. The van der Waals surface area contributed by atoms with Crippen LogP contribution in [0, 0.1) is 0 Å². The van der Waals surface area contributed by atoms with Gasteiger partial charge in [-0.25, -0.2) is 0 Å². The molecule has 3 rings (SSSR count). The largest absolute Gasteiger partial charge is 0.380 e. The van der Waals surface area contributed by atoms with Crippen molar-refractivity contribution in [2.75, 3.05) is 26.3 Å². The first-order valence-electron chi connectivity index (χ1n) is 6.49. The lowest BCUT2D eigenvalue weighted by atomic mass is 10.0. The molecule has 86 valence electrons. The number of hydrogen-bond acceptors (Lipinski definition) is 3. The van der Waals surface area contributed by atoms with Crippen molar-refractivity contribution in [3.8, 4) is 0 Å². The summed E-state index contributed by atoms with van der Waals surface area (Å²) in [5.74, 6) is 0. The maximum Gasteiger partial charge on any atom is 0.0620 e. The average molecular weight is 210 g/mol. The molecule has 3 nitrogen and oxygen atoms in total. The molecule has 0 bridgehead atoms. The quantitative estimate of drug-likeness (QED) is 0.752. The van der Waals surface area contributed by atoms with Crippen LogP contribution in [0.5, 0.6) is 0 Å². The van der Waals surface area contributed by atoms with E-state index in [1.807, 2.05) is 0 Å². The smallest absolute Gasteiger partial charge is 0.0620 e. The maximum atomic E-state index is 5.40. The summed E-state index contributed by atoms with van der Waals surface area (Å²) in [5.41, 5.74) is 0. The summed E-state index contributed by atoms with van der Waals surface area (Å²) in [7, 11) is 0. The second-order valence-electron chi connectivity index (χ2n) is 5.27. The molecule has 2 aliphatic heterocycles. The van der Waals surface area contributed by atoms with E-state index in [1.54, 1.807) is 0 Å². The lowest BCUT2D eigenvalue weighted by molar-refractivity contribution is 0.167. The number of likely N-dealkylation sites (tertiary alicyclic amines) is 1. The van der Waals surface area contributed by atoms with Crippen LogP contribution in [-0.2, 0) is 4.74 Å². The van der Waals surface area contributed by atoms with Crippen LogP contribution >= 0.6 is 0 Å². The highest BCUT2D eigenvalue weighted by Crippen LogP contribution is 2.29. The van der Waals surface area contributed by atoms with E-state index in [2.05, 4.69) is 10.2 Å². The highest BCUT2D eigenvalue weighted by Gasteiger charge is 2.32. The molecule has 1 atom stereocenters. The Morgan fingerprint density at radius 2 is 1.73 bits per heavy atom. The van der Waals surface area contributed by atoms with Crippen molar-refractivity contribution in [2.24, 2.45) is 0 Å². The van der Waals surface area contributed by atoms with Gasteiger partial charge in [0, 0.05) is 24.7 Å². The van der Waals surface area contributed by atoms with Crippen LogP contribution in [0.4, 0.5) is 0 Å². The van der Waals surface area contributed by atoms with Crippen molar-refractivity contribution in [1.29, 1.82) is 0 Å². The first-order chi connectivity index (χ1) is 7.42. The molecule has 0 aromatic carbocycles. The number of rotatable bonds is 3. The molecule has 2 heterocycles. The van der Waals surface area contributed by atoms with E-state index in [1.165, 1.54) is 45.2 Å². The molecule has 1 N–H and O–H groups in total. The van der Waals surface area contributed by atoms with Crippen molar-refractivity contribution < 1.29 is 4.74 Å². The van der Waals surface area contributed by atoms with Crippen molar-refractivity contribution in [3.05, 3.63) is 0 Å².